The number of H-pyrrole nitrogens is 1. The van der Waals surface area contributed by atoms with Gasteiger partial charge in [-0.2, -0.15) is 0 Å². The number of nitrogens with zero attached hydrogens (tertiary/aromatic N) is 1. The maximum Gasteiger partial charge on any atom is 0.273 e. The summed E-state index contributed by atoms with van der Waals surface area (Å²) < 4.78 is 27.4. The van der Waals surface area contributed by atoms with Crippen LogP contribution < -0.4 is 4.72 Å². The number of hydrogen-bond donors (Lipinski definition) is 2. The molecule has 8 heteroatoms. The zero-order chi connectivity index (χ0) is 15.2. The van der Waals surface area contributed by atoms with E-state index in [0.29, 0.717) is 4.34 Å². The Hall–Kier alpha value is -1.57. The summed E-state index contributed by atoms with van der Waals surface area (Å²) in [5.74, 6) is 0.194. The molecule has 3 rings (SSSR count). The molecule has 0 aliphatic carbocycles. The predicted molar refractivity (Wildman–Crippen MR) is 85.7 cm³/mol. The van der Waals surface area contributed by atoms with E-state index in [1.807, 2.05) is 26.0 Å². The molecule has 0 aliphatic heterocycles. The highest BCUT2D eigenvalue weighted by molar-refractivity contribution is 7.94. The van der Waals surface area contributed by atoms with E-state index in [2.05, 4.69) is 14.7 Å². The first-order valence-electron chi connectivity index (χ1n) is 6.10. The van der Waals surface area contributed by atoms with Gasteiger partial charge in [-0.3, -0.25) is 0 Å². The molecule has 0 fully saturated rings. The van der Waals surface area contributed by atoms with Gasteiger partial charge < -0.3 is 4.98 Å². The molecule has 0 saturated carbocycles. The van der Waals surface area contributed by atoms with Crippen LogP contribution in [0.25, 0.3) is 11.0 Å². The highest BCUT2D eigenvalue weighted by Gasteiger charge is 2.18. The van der Waals surface area contributed by atoms with E-state index < -0.39 is 10.0 Å². The molecule has 1 aromatic carbocycles. The van der Waals surface area contributed by atoms with Crippen molar-refractivity contribution in [2.45, 2.75) is 18.1 Å². The SMILES string of the molecule is Cc1cc2nc(NS(=O)(=O)c3ccc(Cl)s3)[nH]c2cc1C. The molecular weight excluding hydrogens is 330 g/mol. The van der Waals surface area contributed by atoms with Gasteiger partial charge in [0.05, 0.1) is 15.4 Å². The van der Waals surface area contributed by atoms with Gasteiger partial charge in [0.15, 0.2) is 0 Å². The number of aromatic nitrogens is 2. The Kier molecular flexibility index (Phi) is 3.43. The van der Waals surface area contributed by atoms with Gasteiger partial charge in [-0.05, 0) is 49.2 Å². The third-order valence-electron chi connectivity index (χ3n) is 3.14. The molecule has 2 aromatic heterocycles. The molecule has 5 nitrogen and oxygen atoms in total. The van der Waals surface area contributed by atoms with Crippen LogP contribution in [0.15, 0.2) is 28.5 Å². The van der Waals surface area contributed by atoms with E-state index in [1.54, 1.807) is 6.07 Å². The van der Waals surface area contributed by atoms with Gasteiger partial charge in [-0.25, -0.2) is 18.1 Å². The molecular formula is C13H12ClN3O2S2. The molecule has 0 unspecified atom stereocenters. The van der Waals surface area contributed by atoms with E-state index in [9.17, 15) is 8.42 Å². The highest BCUT2D eigenvalue weighted by atomic mass is 35.5. The van der Waals surface area contributed by atoms with E-state index in [4.69, 9.17) is 11.6 Å². The Balaban J connectivity index is 1.98. The fourth-order valence-electron chi connectivity index (χ4n) is 1.94. The number of anilines is 1. The van der Waals surface area contributed by atoms with Gasteiger partial charge in [0, 0.05) is 0 Å². The minimum atomic E-state index is -3.67. The smallest absolute Gasteiger partial charge is 0.273 e. The second kappa shape index (κ2) is 5.01. The van der Waals surface area contributed by atoms with Gasteiger partial charge in [-0.15, -0.1) is 11.3 Å². The number of aromatic amines is 1. The summed E-state index contributed by atoms with van der Waals surface area (Å²) in [5.41, 5.74) is 3.74. The molecule has 0 radical (unpaired) electrons. The normalized spacial score (nSPS) is 12.0. The Labute approximate surface area is 131 Å². The number of thiophene rings is 1. The van der Waals surface area contributed by atoms with Crippen LogP contribution in [0.3, 0.4) is 0 Å². The lowest BCUT2D eigenvalue weighted by Gasteiger charge is -2.01. The average Bonchev–Trinajstić information content (AvgIpc) is 2.96. The summed E-state index contributed by atoms with van der Waals surface area (Å²) in [5, 5.41) is 0. The number of aryl methyl sites for hydroxylation is 2. The van der Waals surface area contributed by atoms with Crippen molar-refractivity contribution in [1.29, 1.82) is 0 Å². The molecule has 0 saturated heterocycles. The molecule has 0 aliphatic rings. The molecule has 110 valence electrons. The topological polar surface area (TPSA) is 74.8 Å². The minimum Gasteiger partial charge on any atom is -0.323 e. The number of hydrogen-bond acceptors (Lipinski definition) is 4. The Bertz CT molecular complexity index is 889. The van der Waals surface area contributed by atoms with E-state index in [-0.39, 0.29) is 10.2 Å². The van der Waals surface area contributed by atoms with Crippen LogP contribution >= 0.6 is 22.9 Å². The maximum absolute atomic E-state index is 12.2. The third-order valence-corrected chi connectivity index (χ3v) is 6.20. The number of halogens is 1. The van der Waals surface area contributed by atoms with Crippen molar-refractivity contribution >= 4 is 49.9 Å². The number of rotatable bonds is 3. The van der Waals surface area contributed by atoms with Crippen molar-refractivity contribution in [3.63, 3.8) is 0 Å². The Morgan fingerprint density at radius 2 is 1.95 bits per heavy atom. The predicted octanol–water partition coefficient (Wildman–Crippen LogP) is 3.70. The Morgan fingerprint density at radius 1 is 1.24 bits per heavy atom. The number of sulfonamides is 1. The van der Waals surface area contributed by atoms with Gasteiger partial charge in [0.2, 0.25) is 5.95 Å². The summed E-state index contributed by atoms with van der Waals surface area (Å²) in [6.45, 7) is 3.98. The number of nitrogens with one attached hydrogen (secondary N) is 2. The van der Waals surface area contributed by atoms with Crippen LogP contribution in [0.2, 0.25) is 4.34 Å². The van der Waals surface area contributed by atoms with Crippen LogP contribution in [0, 0.1) is 13.8 Å². The van der Waals surface area contributed by atoms with E-state index in [1.165, 1.54) is 6.07 Å². The lowest BCUT2D eigenvalue weighted by atomic mass is 10.1. The van der Waals surface area contributed by atoms with Crippen molar-refractivity contribution in [2.24, 2.45) is 0 Å². The molecule has 2 N–H and O–H groups in total. The fraction of sp³-hybridized carbons (Fsp3) is 0.154. The minimum absolute atomic E-state index is 0.153. The summed E-state index contributed by atoms with van der Waals surface area (Å²) in [6.07, 6.45) is 0. The molecule has 0 atom stereocenters. The zero-order valence-corrected chi connectivity index (χ0v) is 13.7. The van der Waals surface area contributed by atoms with Gasteiger partial charge in [-0.1, -0.05) is 11.6 Å². The van der Waals surface area contributed by atoms with Crippen molar-refractivity contribution in [1.82, 2.24) is 9.97 Å². The quantitative estimate of drug-likeness (QED) is 0.762. The number of fused-ring (bicyclic) bond motifs is 1. The molecule has 0 spiro atoms. The summed E-state index contributed by atoms with van der Waals surface area (Å²) in [7, 11) is -3.67. The van der Waals surface area contributed by atoms with E-state index in [0.717, 1.165) is 33.5 Å². The maximum atomic E-state index is 12.2. The monoisotopic (exact) mass is 341 g/mol. The van der Waals surface area contributed by atoms with Crippen LogP contribution in [0.1, 0.15) is 11.1 Å². The second-order valence-corrected chi connectivity index (χ2v) is 8.33. The lowest BCUT2D eigenvalue weighted by molar-refractivity contribution is 0.603. The third kappa shape index (κ3) is 2.76. The summed E-state index contributed by atoms with van der Waals surface area (Å²) >= 11 is 6.77. The molecule has 0 amide bonds. The van der Waals surface area contributed by atoms with Crippen LogP contribution in [-0.2, 0) is 10.0 Å². The molecule has 0 bridgehead atoms. The van der Waals surface area contributed by atoms with Crippen LogP contribution in [0.5, 0.6) is 0 Å². The van der Waals surface area contributed by atoms with Gasteiger partial charge >= 0.3 is 0 Å². The second-order valence-electron chi connectivity index (χ2n) is 4.70. The summed E-state index contributed by atoms with van der Waals surface area (Å²) in [4.78, 5) is 7.22. The van der Waals surface area contributed by atoms with Crippen molar-refractivity contribution in [2.75, 3.05) is 4.72 Å². The summed E-state index contributed by atoms with van der Waals surface area (Å²) in [6, 6.07) is 6.87. The molecule has 2 heterocycles. The average molecular weight is 342 g/mol. The van der Waals surface area contributed by atoms with E-state index >= 15 is 0 Å². The lowest BCUT2D eigenvalue weighted by Crippen LogP contribution is -2.12. The standard InChI is InChI=1S/C13H12ClN3O2S2/c1-7-5-9-10(6-8(7)2)16-13(15-9)17-21(18,19)12-4-3-11(14)20-12/h3-6H,1-2H3,(H2,15,16,17). The Morgan fingerprint density at radius 3 is 2.62 bits per heavy atom. The largest absolute Gasteiger partial charge is 0.323 e. The van der Waals surface area contributed by atoms with Crippen LogP contribution in [-0.4, -0.2) is 18.4 Å². The number of imidazole rings is 1. The van der Waals surface area contributed by atoms with Gasteiger partial charge in [0.25, 0.3) is 10.0 Å². The highest BCUT2D eigenvalue weighted by Crippen LogP contribution is 2.27. The number of benzene rings is 1. The first kappa shape index (κ1) is 14.4. The fourth-order valence-corrected chi connectivity index (χ4v) is 4.38. The first-order valence-corrected chi connectivity index (χ1v) is 8.78. The van der Waals surface area contributed by atoms with Crippen LogP contribution in [0.4, 0.5) is 5.95 Å². The van der Waals surface area contributed by atoms with Crippen molar-refractivity contribution in [3.05, 3.63) is 39.7 Å². The molecule has 3 aromatic rings. The zero-order valence-electron chi connectivity index (χ0n) is 11.3. The van der Waals surface area contributed by atoms with Crippen molar-refractivity contribution < 1.29 is 8.42 Å². The van der Waals surface area contributed by atoms with Gasteiger partial charge in [0.1, 0.15) is 4.21 Å². The first-order chi connectivity index (χ1) is 9.85. The molecule has 21 heavy (non-hydrogen) atoms. The van der Waals surface area contributed by atoms with Crippen molar-refractivity contribution in [3.8, 4) is 0 Å².